The lowest BCUT2D eigenvalue weighted by molar-refractivity contribution is 1.00. The Morgan fingerprint density at radius 2 is 1.89 bits per heavy atom. The fourth-order valence-corrected chi connectivity index (χ4v) is 3.19. The second-order valence-electron chi connectivity index (χ2n) is 3.65. The van der Waals surface area contributed by atoms with Gasteiger partial charge in [0.1, 0.15) is 5.69 Å². The number of aromatic nitrogens is 3. The molecular formula is C11H8ClN5S. The Labute approximate surface area is 111 Å². The normalized spacial score (nSPS) is 10.9. The Hall–Kier alpha value is -1.92. The number of thiophene rings is 1. The van der Waals surface area contributed by atoms with E-state index in [9.17, 15) is 0 Å². The molecule has 3 aromatic rings. The van der Waals surface area contributed by atoms with Crippen LogP contribution in [0.1, 0.15) is 0 Å². The van der Waals surface area contributed by atoms with Gasteiger partial charge >= 0.3 is 0 Å². The van der Waals surface area contributed by atoms with E-state index in [1.165, 1.54) is 11.3 Å². The second-order valence-corrected chi connectivity index (χ2v) is 5.08. The predicted molar refractivity (Wildman–Crippen MR) is 74.5 cm³/mol. The molecule has 0 unspecified atom stereocenters. The van der Waals surface area contributed by atoms with Crippen LogP contribution in [0.25, 0.3) is 20.7 Å². The van der Waals surface area contributed by atoms with Crippen LogP contribution < -0.4 is 11.5 Å². The van der Waals surface area contributed by atoms with E-state index in [0.717, 1.165) is 15.0 Å². The van der Waals surface area contributed by atoms with Gasteiger partial charge in [-0.25, -0.2) is 0 Å². The molecule has 0 amide bonds. The zero-order chi connectivity index (χ0) is 12.7. The van der Waals surface area contributed by atoms with Gasteiger partial charge in [-0.05, 0) is 6.07 Å². The highest BCUT2D eigenvalue weighted by Crippen LogP contribution is 2.42. The number of halogens is 1. The number of nitrogens with zero attached hydrogens (tertiary/aromatic N) is 3. The Morgan fingerprint density at radius 1 is 1.11 bits per heavy atom. The lowest BCUT2D eigenvalue weighted by Crippen LogP contribution is -2.03. The van der Waals surface area contributed by atoms with Gasteiger partial charge in [-0.2, -0.15) is 4.98 Å². The third kappa shape index (κ3) is 1.66. The number of hydrogen-bond acceptors (Lipinski definition) is 6. The van der Waals surface area contributed by atoms with Crippen LogP contribution in [-0.4, -0.2) is 15.2 Å². The average Bonchev–Trinajstić information content (AvgIpc) is 2.68. The van der Waals surface area contributed by atoms with E-state index in [-0.39, 0.29) is 11.8 Å². The van der Waals surface area contributed by atoms with Crippen LogP contribution in [-0.2, 0) is 0 Å². The number of anilines is 2. The Balaban J connectivity index is 2.28. The van der Waals surface area contributed by atoms with Crippen molar-refractivity contribution in [2.45, 2.75) is 0 Å². The first kappa shape index (κ1) is 11.2. The first-order valence-electron chi connectivity index (χ1n) is 5.10. The third-order valence-electron chi connectivity index (χ3n) is 2.48. The first-order valence-corrected chi connectivity index (χ1v) is 6.29. The summed E-state index contributed by atoms with van der Waals surface area (Å²) in [6.45, 7) is 0. The van der Waals surface area contributed by atoms with Gasteiger partial charge in [-0.3, -0.25) is 0 Å². The summed E-state index contributed by atoms with van der Waals surface area (Å²) in [4.78, 5) is 4.65. The lowest BCUT2D eigenvalue weighted by atomic mass is 10.2. The summed E-state index contributed by atoms with van der Waals surface area (Å²) in [6, 6.07) is 7.83. The minimum absolute atomic E-state index is 0.0495. The fourth-order valence-electron chi connectivity index (χ4n) is 1.68. The zero-order valence-electron chi connectivity index (χ0n) is 9.09. The van der Waals surface area contributed by atoms with E-state index < -0.39 is 0 Å². The SMILES string of the molecule is Nc1nnc(-c2sc3ccccc3c2Cl)c(N)n1. The molecule has 0 spiro atoms. The molecule has 0 bridgehead atoms. The Bertz CT molecular complexity index is 739. The van der Waals surface area contributed by atoms with Crippen LogP contribution in [0.2, 0.25) is 5.02 Å². The van der Waals surface area contributed by atoms with Crippen molar-refractivity contribution in [3.63, 3.8) is 0 Å². The maximum atomic E-state index is 6.33. The molecule has 0 atom stereocenters. The predicted octanol–water partition coefficient (Wildman–Crippen LogP) is 2.57. The summed E-state index contributed by atoms with van der Waals surface area (Å²) in [7, 11) is 0. The molecule has 0 fully saturated rings. The minimum Gasteiger partial charge on any atom is -0.382 e. The topological polar surface area (TPSA) is 90.7 Å². The molecule has 1 aromatic carbocycles. The van der Waals surface area contributed by atoms with Gasteiger partial charge in [0.25, 0.3) is 0 Å². The van der Waals surface area contributed by atoms with Crippen LogP contribution in [0.4, 0.5) is 11.8 Å². The van der Waals surface area contributed by atoms with Crippen molar-refractivity contribution in [3.05, 3.63) is 29.3 Å². The van der Waals surface area contributed by atoms with Crippen molar-refractivity contribution in [1.82, 2.24) is 15.2 Å². The van der Waals surface area contributed by atoms with Crippen molar-refractivity contribution >= 4 is 44.8 Å². The van der Waals surface area contributed by atoms with Gasteiger partial charge < -0.3 is 11.5 Å². The van der Waals surface area contributed by atoms with Crippen molar-refractivity contribution in [2.75, 3.05) is 11.5 Å². The van der Waals surface area contributed by atoms with E-state index in [0.29, 0.717) is 10.7 Å². The van der Waals surface area contributed by atoms with Crippen LogP contribution in [0, 0.1) is 0 Å². The summed E-state index contributed by atoms with van der Waals surface area (Å²) in [6.07, 6.45) is 0. The largest absolute Gasteiger partial charge is 0.382 e. The van der Waals surface area contributed by atoms with E-state index in [1.807, 2.05) is 24.3 Å². The van der Waals surface area contributed by atoms with E-state index in [2.05, 4.69) is 15.2 Å². The molecule has 90 valence electrons. The molecule has 18 heavy (non-hydrogen) atoms. The monoisotopic (exact) mass is 277 g/mol. The Morgan fingerprint density at radius 3 is 2.61 bits per heavy atom. The quantitative estimate of drug-likeness (QED) is 0.713. The van der Waals surface area contributed by atoms with Crippen molar-refractivity contribution in [3.8, 4) is 10.6 Å². The van der Waals surface area contributed by atoms with E-state index >= 15 is 0 Å². The van der Waals surface area contributed by atoms with E-state index in [1.54, 1.807) is 0 Å². The molecule has 3 rings (SSSR count). The highest BCUT2D eigenvalue weighted by Gasteiger charge is 2.16. The van der Waals surface area contributed by atoms with Gasteiger partial charge in [0, 0.05) is 10.1 Å². The zero-order valence-corrected chi connectivity index (χ0v) is 10.7. The van der Waals surface area contributed by atoms with Crippen molar-refractivity contribution < 1.29 is 0 Å². The maximum absolute atomic E-state index is 6.33. The summed E-state index contributed by atoms with van der Waals surface area (Å²) >= 11 is 7.83. The third-order valence-corrected chi connectivity index (χ3v) is 4.16. The molecule has 0 aliphatic carbocycles. The smallest absolute Gasteiger partial charge is 0.242 e. The molecular weight excluding hydrogens is 270 g/mol. The van der Waals surface area contributed by atoms with Gasteiger partial charge in [0.15, 0.2) is 5.82 Å². The lowest BCUT2D eigenvalue weighted by Gasteiger charge is -2.01. The molecule has 0 saturated carbocycles. The molecule has 2 aromatic heterocycles. The van der Waals surface area contributed by atoms with Gasteiger partial charge in [-0.15, -0.1) is 21.5 Å². The maximum Gasteiger partial charge on any atom is 0.242 e. The number of nitrogen functional groups attached to an aromatic ring is 2. The average molecular weight is 278 g/mol. The highest BCUT2D eigenvalue weighted by molar-refractivity contribution is 7.23. The molecule has 5 nitrogen and oxygen atoms in total. The highest BCUT2D eigenvalue weighted by atomic mass is 35.5. The molecule has 0 saturated heterocycles. The van der Waals surface area contributed by atoms with Crippen LogP contribution >= 0.6 is 22.9 Å². The number of hydrogen-bond donors (Lipinski definition) is 2. The van der Waals surface area contributed by atoms with Gasteiger partial charge in [-0.1, -0.05) is 29.8 Å². The molecule has 0 aliphatic rings. The van der Waals surface area contributed by atoms with Crippen LogP contribution in [0.15, 0.2) is 24.3 Å². The molecule has 2 heterocycles. The Kier molecular flexibility index (Phi) is 2.53. The van der Waals surface area contributed by atoms with Gasteiger partial charge in [0.05, 0.1) is 9.90 Å². The van der Waals surface area contributed by atoms with E-state index in [4.69, 9.17) is 23.1 Å². The molecule has 4 N–H and O–H groups in total. The summed E-state index contributed by atoms with van der Waals surface area (Å²) < 4.78 is 1.07. The van der Waals surface area contributed by atoms with Crippen molar-refractivity contribution in [1.29, 1.82) is 0 Å². The summed E-state index contributed by atoms with van der Waals surface area (Å²) in [5.41, 5.74) is 11.7. The van der Waals surface area contributed by atoms with Crippen LogP contribution in [0.5, 0.6) is 0 Å². The fraction of sp³-hybridized carbons (Fsp3) is 0. The summed E-state index contributed by atoms with van der Waals surface area (Å²) in [5.74, 6) is 0.282. The first-order chi connectivity index (χ1) is 8.66. The molecule has 0 radical (unpaired) electrons. The minimum atomic E-state index is 0.0495. The number of nitrogens with two attached hydrogens (primary N) is 2. The number of benzene rings is 1. The molecule has 7 heteroatoms. The van der Waals surface area contributed by atoms with Gasteiger partial charge in [0.2, 0.25) is 5.95 Å². The summed E-state index contributed by atoms with van der Waals surface area (Å²) in [5, 5.41) is 9.26. The number of rotatable bonds is 1. The molecule has 0 aliphatic heterocycles. The van der Waals surface area contributed by atoms with Crippen molar-refractivity contribution in [2.24, 2.45) is 0 Å². The standard InChI is InChI=1S/C11H8ClN5S/c12-7-5-3-1-2-4-6(5)18-9(7)8-10(13)15-11(14)17-16-8/h1-4H,(H4,13,14,15,17). The van der Waals surface area contributed by atoms with Crippen LogP contribution in [0.3, 0.4) is 0 Å². The second kappa shape index (κ2) is 4.08. The number of fused-ring (bicyclic) bond motifs is 1.